The van der Waals surface area contributed by atoms with Gasteiger partial charge < -0.3 is 10.1 Å². The van der Waals surface area contributed by atoms with Crippen LogP contribution in [-0.2, 0) is 4.79 Å². The molecule has 1 heterocycles. The summed E-state index contributed by atoms with van der Waals surface area (Å²) in [7, 11) is 1.62. The van der Waals surface area contributed by atoms with Crippen molar-refractivity contribution >= 4 is 34.6 Å². The van der Waals surface area contributed by atoms with Crippen LogP contribution in [0.3, 0.4) is 0 Å². The summed E-state index contributed by atoms with van der Waals surface area (Å²) in [5.41, 5.74) is 2.91. The van der Waals surface area contributed by atoms with Crippen molar-refractivity contribution in [3.63, 3.8) is 0 Å². The molecule has 0 bridgehead atoms. The second kappa shape index (κ2) is 6.71. The number of carbonyl (C=O) groups excluding carboxylic acids is 1. The number of aliphatic imine (C=N–C) groups is 1. The maximum absolute atomic E-state index is 12.1. The van der Waals surface area contributed by atoms with Gasteiger partial charge in [-0.1, -0.05) is 29.8 Å². The van der Waals surface area contributed by atoms with Crippen molar-refractivity contribution in [1.29, 1.82) is 0 Å². The van der Waals surface area contributed by atoms with Crippen LogP contribution in [0, 0.1) is 6.92 Å². The van der Waals surface area contributed by atoms with Crippen molar-refractivity contribution in [3.05, 3.63) is 64.6 Å². The fourth-order valence-electron chi connectivity index (χ4n) is 2.10. The lowest BCUT2D eigenvalue weighted by Crippen LogP contribution is -2.19. The van der Waals surface area contributed by atoms with Crippen molar-refractivity contribution in [2.45, 2.75) is 6.92 Å². The summed E-state index contributed by atoms with van der Waals surface area (Å²) in [5, 5.41) is 3.38. The molecule has 0 atom stereocenters. The van der Waals surface area contributed by atoms with E-state index in [4.69, 9.17) is 4.74 Å². The molecule has 0 aromatic heterocycles. The standard InChI is InChI=1S/C18H16N2O2S/c1-12-6-8-14(9-7-12)19-18-20-17(21)16(23-18)11-13-4-3-5-15(10-13)22-2/h3-11H,1-2H3,(H,19,20,21)/b16-11+. The van der Waals surface area contributed by atoms with Gasteiger partial charge in [-0.15, -0.1) is 0 Å². The number of nitrogens with zero attached hydrogens (tertiary/aromatic N) is 1. The Morgan fingerprint density at radius 1 is 1.17 bits per heavy atom. The van der Waals surface area contributed by atoms with E-state index in [1.165, 1.54) is 17.3 Å². The molecule has 1 aliphatic rings. The summed E-state index contributed by atoms with van der Waals surface area (Å²) in [5.74, 6) is 0.625. The van der Waals surface area contributed by atoms with Crippen LogP contribution in [0.2, 0.25) is 0 Å². The molecule has 0 saturated carbocycles. The molecule has 1 N–H and O–H groups in total. The van der Waals surface area contributed by atoms with Gasteiger partial charge in [0.05, 0.1) is 17.7 Å². The van der Waals surface area contributed by atoms with Gasteiger partial charge in [-0.05, 0) is 54.6 Å². The summed E-state index contributed by atoms with van der Waals surface area (Å²) in [6, 6.07) is 15.4. The van der Waals surface area contributed by atoms with Crippen LogP contribution in [0.15, 0.2) is 58.4 Å². The van der Waals surface area contributed by atoms with Gasteiger partial charge in [-0.3, -0.25) is 4.79 Å². The molecule has 4 nitrogen and oxygen atoms in total. The van der Waals surface area contributed by atoms with Crippen LogP contribution in [0.5, 0.6) is 5.75 Å². The highest BCUT2D eigenvalue weighted by Gasteiger charge is 2.23. The Labute approximate surface area is 139 Å². The van der Waals surface area contributed by atoms with E-state index in [2.05, 4.69) is 10.3 Å². The van der Waals surface area contributed by atoms with Gasteiger partial charge in [-0.25, -0.2) is 4.99 Å². The van der Waals surface area contributed by atoms with Crippen LogP contribution in [0.4, 0.5) is 5.69 Å². The predicted molar refractivity (Wildman–Crippen MR) is 95.0 cm³/mol. The first-order chi connectivity index (χ1) is 11.1. The van der Waals surface area contributed by atoms with Crippen molar-refractivity contribution in [2.75, 3.05) is 7.11 Å². The Bertz CT molecular complexity index is 795. The van der Waals surface area contributed by atoms with Crippen LogP contribution in [0.1, 0.15) is 11.1 Å². The minimum Gasteiger partial charge on any atom is -0.497 e. The second-order valence-corrected chi connectivity index (χ2v) is 6.12. The van der Waals surface area contributed by atoms with Gasteiger partial charge in [0.2, 0.25) is 0 Å². The zero-order valence-electron chi connectivity index (χ0n) is 12.9. The Kier molecular flexibility index (Phi) is 4.48. The van der Waals surface area contributed by atoms with Gasteiger partial charge in [-0.2, -0.15) is 0 Å². The highest BCUT2D eigenvalue weighted by atomic mass is 32.2. The summed E-state index contributed by atoms with van der Waals surface area (Å²) in [4.78, 5) is 17.1. The molecule has 2 aromatic carbocycles. The van der Waals surface area contributed by atoms with Crippen LogP contribution >= 0.6 is 11.8 Å². The lowest BCUT2D eigenvalue weighted by Gasteiger charge is -2.00. The summed E-state index contributed by atoms with van der Waals surface area (Å²) in [6.07, 6.45) is 1.83. The fraction of sp³-hybridized carbons (Fsp3) is 0.111. The van der Waals surface area contributed by atoms with E-state index in [0.717, 1.165) is 17.0 Å². The van der Waals surface area contributed by atoms with Gasteiger partial charge in [0.25, 0.3) is 5.91 Å². The van der Waals surface area contributed by atoms with Gasteiger partial charge in [0, 0.05) is 0 Å². The molecule has 23 heavy (non-hydrogen) atoms. The van der Waals surface area contributed by atoms with Crippen molar-refractivity contribution < 1.29 is 9.53 Å². The zero-order valence-corrected chi connectivity index (χ0v) is 13.7. The third-order valence-electron chi connectivity index (χ3n) is 3.31. The minimum atomic E-state index is -0.135. The van der Waals surface area contributed by atoms with E-state index in [1.807, 2.05) is 61.5 Å². The number of hydrogen-bond acceptors (Lipinski definition) is 4. The van der Waals surface area contributed by atoms with E-state index in [9.17, 15) is 4.79 Å². The average Bonchev–Trinajstić information content (AvgIpc) is 2.89. The Morgan fingerprint density at radius 3 is 2.70 bits per heavy atom. The maximum atomic E-state index is 12.1. The number of ether oxygens (including phenoxy) is 1. The van der Waals surface area contributed by atoms with E-state index in [-0.39, 0.29) is 5.91 Å². The molecule has 2 aromatic rings. The lowest BCUT2D eigenvalue weighted by molar-refractivity contribution is -0.115. The molecule has 0 radical (unpaired) electrons. The van der Waals surface area contributed by atoms with Gasteiger partial charge in [0.15, 0.2) is 5.17 Å². The highest BCUT2D eigenvalue weighted by molar-refractivity contribution is 8.18. The topological polar surface area (TPSA) is 50.7 Å². The third-order valence-corrected chi connectivity index (χ3v) is 4.22. The predicted octanol–water partition coefficient (Wildman–Crippen LogP) is 3.90. The number of methoxy groups -OCH3 is 1. The van der Waals surface area contributed by atoms with E-state index < -0.39 is 0 Å². The quantitative estimate of drug-likeness (QED) is 0.871. The number of carbonyl (C=O) groups is 1. The van der Waals surface area contributed by atoms with Crippen molar-refractivity contribution in [2.24, 2.45) is 4.99 Å². The summed E-state index contributed by atoms with van der Waals surface area (Å²) in [6.45, 7) is 2.03. The van der Waals surface area contributed by atoms with Crippen LogP contribution < -0.4 is 10.1 Å². The molecule has 116 valence electrons. The Morgan fingerprint density at radius 2 is 1.96 bits per heavy atom. The molecule has 5 heteroatoms. The normalized spacial score (nSPS) is 17.6. The zero-order chi connectivity index (χ0) is 16.2. The first kappa shape index (κ1) is 15.4. The number of amidine groups is 1. The number of nitrogens with one attached hydrogen (secondary N) is 1. The van der Waals surface area contributed by atoms with Crippen LogP contribution in [0.25, 0.3) is 6.08 Å². The molecule has 1 amide bonds. The molecule has 1 saturated heterocycles. The number of thioether (sulfide) groups is 1. The van der Waals surface area contributed by atoms with Crippen molar-refractivity contribution in [1.82, 2.24) is 5.32 Å². The molecule has 0 aliphatic carbocycles. The summed E-state index contributed by atoms with van der Waals surface area (Å²) < 4.78 is 5.20. The molecular weight excluding hydrogens is 308 g/mol. The van der Waals surface area contributed by atoms with E-state index in [1.54, 1.807) is 7.11 Å². The van der Waals surface area contributed by atoms with Gasteiger partial charge >= 0.3 is 0 Å². The molecule has 0 unspecified atom stereocenters. The molecular formula is C18H16N2O2S. The first-order valence-electron chi connectivity index (χ1n) is 7.14. The smallest absolute Gasteiger partial charge is 0.264 e. The highest BCUT2D eigenvalue weighted by Crippen LogP contribution is 2.28. The number of rotatable bonds is 3. The number of aryl methyl sites for hydroxylation is 1. The van der Waals surface area contributed by atoms with E-state index in [0.29, 0.717) is 10.1 Å². The van der Waals surface area contributed by atoms with E-state index >= 15 is 0 Å². The number of benzene rings is 2. The van der Waals surface area contributed by atoms with Crippen LogP contribution in [-0.4, -0.2) is 18.2 Å². The molecule has 3 rings (SSSR count). The molecule has 1 aliphatic heterocycles. The largest absolute Gasteiger partial charge is 0.497 e. The van der Waals surface area contributed by atoms with Gasteiger partial charge in [0.1, 0.15) is 5.75 Å². The Balaban J connectivity index is 1.81. The SMILES string of the molecule is COc1cccc(/C=C2/SC(=Nc3ccc(C)cc3)NC2=O)c1. The Hall–Kier alpha value is -2.53. The second-order valence-electron chi connectivity index (χ2n) is 5.09. The lowest BCUT2D eigenvalue weighted by atomic mass is 10.2. The number of hydrogen-bond donors (Lipinski definition) is 1. The number of amides is 1. The minimum absolute atomic E-state index is 0.135. The average molecular weight is 324 g/mol. The molecule has 1 fully saturated rings. The third kappa shape index (κ3) is 3.81. The maximum Gasteiger partial charge on any atom is 0.264 e. The monoisotopic (exact) mass is 324 g/mol. The summed E-state index contributed by atoms with van der Waals surface area (Å²) >= 11 is 1.34. The van der Waals surface area contributed by atoms with Crippen molar-refractivity contribution in [3.8, 4) is 5.75 Å². The molecule has 0 spiro atoms. The fourth-order valence-corrected chi connectivity index (χ4v) is 2.94. The first-order valence-corrected chi connectivity index (χ1v) is 7.96.